The van der Waals surface area contributed by atoms with Crippen LogP contribution in [0.4, 0.5) is 0 Å². The van der Waals surface area contributed by atoms with Crippen molar-refractivity contribution in [1.29, 1.82) is 0 Å². The molecular formula is C8H14Br2O. The summed E-state index contributed by atoms with van der Waals surface area (Å²) in [6, 6.07) is 0. The Morgan fingerprint density at radius 1 is 1.55 bits per heavy atom. The summed E-state index contributed by atoms with van der Waals surface area (Å²) in [6.45, 7) is 4.17. The fourth-order valence-corrected chi connectivity index (χ4v) is 1.15. The molecule has 0 aliphatic heterocycles. The number of alkyl halides is 2. The number of hydrogen-bond donors (Lipinski definition) is 1. The molecule has 3 heteroatoms. The maximum atomic E-state index is 9.35. The van der Waals surface area contributed by atoms with Gasteiger partial charge in [-0.1, -0.05) is 56.9 Å². The topological polar surface area (TPSA) is 20.2 Å². The first-order chi connectivity index (χ1) is 5.07. The Labute approximate surface area is 85.1 Å². The summed E-state index contributed by atoms with van der Waals surface area (Å²) in [5.74, 6) is 0. The van der Waals surface area contributed by atoms with Gasteiger partial charge in [0, 0.05) is 0 Å². The SMILES string of the molecule is CCCC(C)=CC(O)C(Br)Br. The van der Waals surface area contributed by atoms with Crippen molar-refractivity contribution >= 4 is 31.9 Å². The van der Waals surface area contributed by atoms with Gasteiger partial charge >= 0.3 is 0 Å². The quantitative estimate of drug-likeness (QED) is 0.621. The lowest BCUT2D eigenvalue weighted by Crippen LogP contribution is -2.11. The van der Waals surface area contributed by atoms with E-state index >= 15 is 0 Å². The molecule has 0 saturated heterocycles. The van der Waals surface area contributed by atoms with Gasteiger partial charge in [0.15, 0.2) is 0 Å². The number of halogens is 2. The van der Waals surface area contributed by atoms with E-state index in [-0.39, 0.29) is 3.74 Å². The van der Waals surface area contributed by atoms with Crippen molar-refractivity contribution in [1.82, 2.24) is 0 Å². The van der Waals surface area contributed by atoms with E-state index in [4.69, 9.17) is 0 Å². The van der Waals surface area contributed by atoms with Crippen LogP contribution in [0.2, 0.25) is 0 Å². The van der Waals surface area contributed by atoms with E-state index < -0.39 is 6.10 Å². The Morgan fingerprint density at radius 2 is 2.09 bits per heavy atom. The molecule has 0 spiro atoms. The summed E-state index contributed by atoms with van der Waals surface area (Å²) in [7, 11) is 0. The van der Waals surface area contributed by atoms with Crippen LogP contribution < -0.4 is 0 Å². The first kappa shape index (κ1) is 11.7. The minimum absolute atomic E-state index is 0.0400. The van der Waals surface area contributed by atoms with Gasteiger partial charge in [0.1, 0.15) is 0 Å². The average Bonchev–Trinajstić information content (AvgIpc) is 1.87. The second kappa shape index (κ2) is 6.21. The molecule has 0 aromatic heterocycles. The standard InChI is InChI=1S/C8H14Br2O/c1-3-4-6(2)5-7(11)8(9)10/h5,7-8,11H,3-4H2,1-2H3. The van der Waals surface area contributed by atoms with Crippen molar-refractivity contribution in [3.63, 3.8) is 0 Å². The summed E-state index contributed by atoms with van der Waals surface area (Å²) in [5, 5.41) is 9.35. The van der Waals surface area contributed by atoms with E-state index in [0.717, 1.165) is 12.8 Å². The maximum Gasteiger partial charge on any atom is 0.0992 e. The molecule has 0 aromatic carbocycles. The van der Waals surface area contributed by atoms with Gasteiger partial charge in [-0.05, 0) is 13.3 Å². The second-order valence-electron chi connectivity index (χ2n) is 2.59. The summed E-state index contributed by atoms with van der Waals surface area (Å²) in [4.78, 5) is 0. The number of rotatable bonds is 4. The Balaban J connectivity index is 3.86. The van der Waals surface area contributed by atoms with Gasteiger partial charge in [-0.15, -0.1) is 0 Å². The normalized spacial score (nSPS) is 15.6. The number of aliphatic hydroxyl groups is 1. The molecule has 1 unspecified atom stereocenters. The first-order valence-corrected chi connectivity index (χ1v) is 5.54. The largest absolute Gasteiger partial charge is 0.387 e. The molecule has 0 heterocycles. The van der Waals surface area contributed by atoms with Crippen molar-refractivity contribution in [3.05, 3.63) is 11.6 Å². The molecule has 0 amide bonds. The van der Waals surface area contributed by atoms with Crippen LogP contribution in [-0.2, 0) is 0 Å². The fraction of sp³-hybridized carbons (Fsp3) is 0.750. The van der Waals surface area contributed by atoms with Crippen LogP contribution in [-0.4, -0.2) is 14.9 Å². The van der Waals surface area contributed by atoms with Crippen molar-refractivity contribution < 1.29 is 5.11 Å². The highest BCUT2D eigenvalue weighted by Crippen LogP contribution is 2.16. The summed E-state index contributed by atoms with van der Waals surface area (Å²) >= 11 is 6.48. The molecule has 1 nitrogen and oxygen atoms in total. The highest BCUT2D eigenvalue weighted by atomic mass is 79.9. The van der Waals surface area contributed by atoms with Crippen molar-refractivity contribution in [2.24, 2.45) is 0 Å². The van der Waals surface area contributed by atoms with Crippen LogP contribution in [0.5, 0.6) is 0 Å². The molecule has 0 bridgehead atoms. The lowest BCUT2D eigenvalue weighted by Gasteiger charge is -2.07. The molecule has 0 fully saturated rings. The molecule has 11 heavy (non-hydrogen) atoms. The zero-order valence-corrected chi connectivity index (χ0v) is 10.0. The molecule has 66 valence electrons. The van der Waals surface area contributed by atoms with E-state index in [1.807, 2.05) is 13.0 Å². The summed E-state index contributed by atoms with van der Waals surface area (Å²) in [6.07, 6.45) is 3.63. The summed E-state index contributed by atoms with van der Waals surface area (Å²) in [5.41, 5.74) is 1.24. The lowest BCUT2D eigenvalue weighted by atomic mass is 10.1. The number of allylic oxidation sites excluding steroid dienone is 1. The minimum atomic E-state index is -0.429. The van der Waals surface area contributed by atoms with Crippen molar-refractivity contribution in [3.8, 4) is 0 Å². The molecule has 0 saturated carbocycles. The van der Waals surface area contributed by atoms with Crippen LogP contribution >= 0.6 is 31.9 Å². The van der Waals surface area contributed by atoms with E-state index in [2.05, 4.69) is 38.8 Å². The molecular weight excluding hydrogens is 272 g/mol. The van der Waals surface area contributed by atoms with Gasteiger partial charge < -0.3 is 5.11 Å². The van der Waals surface area contributed by atoms with Gasteiger partial charge in [-0.2, -0.15) is 0 Å². The van der Waals surface area contributed by atoms with Gasteiger partial charge in [0.25, 0.3) is 0 Å². The molecule has 0 aromatic rings. The van der Waals surface area contributed by atoms with Gasteiger partial charge in [-0.25, -0.2) is 0 Å². The van der Waals surface area contributed by atoms with Crippen molar-refractivity contribution in [2.45, 2.75) is 36.5 Å². The van der Waals surface area contributed by atoms with E-state index in [0.29, 0.717) is 0 Å². The van der Waals surface area contributed by atoms with Gasteiger partial charge in [0.05, 0.1) is 9.84 Å². The van der Waals surface area contributed by atoms with E-state index in [1.165, 1.54) is 5.57 Å². The van der Waals surface area contributed by atoms with Gasteiger partial charge in [0.2, 0.25) is 0 Å². The lowest BCUT2D eigenvalue weighted by molar-refractivity contribution is 0.243. The molecule has 1 N–H and O–H groups in total. The van der Waals surface area contributed by atoms with E-state index in [9.17, 15) is 5.11 Å². The molecule has 0 rings (SSSR count). The highest BCUT2D eigenvalue weighted by molar-refractivity contribution is 9.24. The Bertz CT molecular complexity index is 132. The third-order valence-electron chi connectivity index (χ3n) is 1.36. The number of hydrogen-bond acceptors (Lipinski definition) is 1. The second-order valence-corrected chi connectivity index (χ2v) is 5.79. The van der Waals surface area contributed by atoms with Crippen LogP contribution in [0.3, 0.4) is 0 Å². The van der Waals surface area contributed by atoms with Crippen LogP contribution in [0.25, 0.3) is 0 Å². The van der Waals surface area contributed by atoms with E-state index in [1.54, 1.807) is 0 Å². The molecule has 0 aliphatic carbocycles. The zero-order chi connectivity index (χ0) is 8.85. The van der Waals surface area contributed by atoms with Crippen LogP contribution in [0.1, 0.15) is 26.7 Å². The monoisotopic (exact) mass is 284 g/mol. The Hall–Kier alpha value is 0.660. The van der Waals surface area contributed by atoms with Crippen LogP contribution in [0, 0.1) is 0 Å². The average molecular weight is 286 g/mol. The Kier molecular flexibility index (Phi) is 6.58. The van der Waals surface area contributed by atoms with Crippen LogP contribution in [0.15, 0.2) is 11.6 Å². The molecule has 0 aliphatic rings. The first-order valence-electron chi connectivity index (χ1n) is 3.71. The highest BCUT2D eigenvalue weighted by Gasteiger charge is 2.08. The predicted molar refractivity (Wildman–Crippen MR) is 56.3 cm³/mol. The van der Waals surface area contributed by atoms with Crippen molar-refractivity contribution in [2.75, 3.05) is 0 Å². The number of aliphatic hydroxyl groups excluding tert-OH is 1. The third-order valence-corrected chi connectivity index (χ3v) is 2.44. The van der Waals surface area contributed by atoms with Gasteiger partial charge in [-0.3, -0.25) is 0 Å². The third kappa shape index (κ3) is 5.88. The summed E-state index contributed by atoms with van der Waals surface area (Å²) < 4.78 is -0.0400. The zero-order valence-electron chi connectivity index (χ0n) is 6.85. The Morgan fingerprint density at radius 3 is 2.45 bits per heavy atom. The molecule has 1 atom stereocenters. The minimum Gasteiger partial charge on any atom is -0.387 e. The predicted octanol–water partition coefficient (Wildman–Crippen LogP) is 3.21. The molecule has 0 radical (unpaired) electrons. The maximum absolute atomic E-state index is 9.35. The fourth-order valence-electron chi connectivity index (χ4n) is 0.842. The smallest absolute Gasteiger partial charge is 0.0992 e.